The zero-order chi connectivity index (χ0) is 13.6. The van der Waals surface area contributed by atoms with E-state index in [1.165, 1.54) is 5.39 Å². The first-order valence-corrected chi connectivity index (χ1v) is 7.11. The number of hydrogen-bond acceptors (Lipinski definition) is 2. The first-order valence-electron chi connectivity index (χ1n) is 7.11. The van der Waals surface area contributed by atoms with E-state index in [9.17, 15) is 5.11 Å². The van der Waals surface area contributed by atoms with E-state index in [0.29, 0.717) is 18.3 Å². The van der Waals surface area contributed by atoms with E-state index in [0.717, 1.165) is 24.1 Å². The SMILES string of the molecule is CC(C)C1CC(O)(Cc2nn(C)c3ccccc23)C1. The van der Waals surface area contributed by atoms with Crippen LogP contribution in [0.3, 0.4) is 0 Å². The Labute approximate surface area is 114 Å². The van der Waals surface area contributed by atoms with Gasteiger partial charge in [0.05, 0.1) is 16.8 Å². The van der Waals surface area contributed by atoms with E-state index in [4.69, 9.17) is 0 Å². The number of aromatic nitrogens is 2. The maximum absolute atomic E-state index is 10.6. The second-order valence-corrected chi connectivity index (χ2v) is 6.40. The largest absolute Gasteiger partial charge is 0.389 e. The molecule has 0 atom stereocenters. The van der Waals surface area contributed by atoms with E-state index in [1.54, 1.807) is 0 Å². The molecule has 1 heterocycles. The molecule has 1 aromatic carbocycles. The molecule has 0 bridgehead atoms. The maximum atomic E-state index is 10.6. The van der Waals surface area contributed by atoms with Crippen LogP contribution in [0.4, 0.5) is 0 Å². The van der Waals surface area contributed by atoms with Gasteiger partial charge >= 0.3 is 0 Å². The molecule has 0 saturated heterocycles. The molecule has 1 aromatic heterocycles. The fraction of sp³-hybridized carbons (Fsp3) is 0.562. The van der Waals surface area contributed by atoms with Gasteiger partial charge in [-0.1, -0.05) is 32.0 Å². The summed E-state index contributed by atoms with van der Waals surface area (Å²) in [6, 6.07) is 8.24. The number of para-hydroxylation sites is 1. The lowest BCUT2D eigenvalue weighted by atomic mass is 9.64. The molecule has 1 aliphatic carbocycles. The van der Waals surface area contributed by atoms with Crippen LogP contribution in [0, 0.1) is 11.8 Å². The number of aliphatic hydroxyl groups is 1. The van der Waals surface area contributed by atoms with Crippen molar-refractivity contribution in [2.24, 2.45) is 18.9 Å². The highest BCUT2D eigenvalue weighted by Crippen LogP contribution is 2.44. The van der Waals surface area contributed by atoms with Gasteiger partial charge < -0.3 is 5.11 Å². The van der Waals surface area contributed by atoms with Crippen LogP contribution in [0.5, 0.6) is 0 Å². The molecule has 1 saturated carbocycles. The lowest BCUT2D eigenvalue weighted by Gasteiger charge is -2.45. The van der Waals surface area contributed by atoms with Crippen LogP contribution in [-0.2, 0) is 13.5 Å². The number of benzene rings is 1. The molecule has 3 rings (SSSR count). The normalized spacial score (nSPS) is 26.9. The van der Waals surface area contributed by atoms with E-state index < -0.39 is 5.60 Å². The van der Waals surface area contributed by atoms with Gasteiger partial charge in [0, 0.05) is 18.9 Å². The minimum absolute atomic E-state index is 0.536. The number of fused-ring (bicyclic) bond motifs is 1. The second-order valence-electron chi connectivity index (χ2n) is 6.40. The van der Waals surface area contributed by atoms with Gasteiger partial charge in [0.15, 0.2) is 0 Å². The summed E-state index contributed by atoms with van der Waals surface area (Å²) in [5.74, 6) is 1.33. The molecule has 0 unspecified atom stereocenters. The fourth-order valence-electron chi connectivity index (χ4n) is 3.26. The smallest absolute Gasteiger partial charge is 0.0731 e. The van der Waals surface area contributed by atoms with Crippen LogP contribution in [0.1, 0.15) is 32.4 Å². The molecule has 102 valence electrons. The van der Waals surface area contributed by atoms with Crippen molar-refractivity contribution in [1.29, 1.82) is 0 Å². The first kappa shape index (κ1) is 12.7. The summed E-state index contributed by atoms with van der Waals surface area (Å²) in [7, 11) is 1.97. The van der Waals surface area contributed by atoms with Gasteiger partial charge in [-0.15, -0.1) is 0 Å². The third-order valence-electron chi connectivity index (χ3n) is 4.56. The fourth-order valence-corrected chi connectivity index (χ4v) is 3.26. The molecule has 19 heavy (non-hydrogen) atoms. The van der Waals surface area contributed by atoms with Crippen LogP contribution in [0.15, 0.2) is 24.3 Å². The van der Waals surface area contributed by atoms with Crippen molar-refractivity contribution in [2.75, 3.05) is 0 Å². The standard InChI is InChI=1S/C16H22N2O/c1-11(2)12-8-16(19,9-12)10-14-13-6-4-5-7-15(13)18(3)17-14/h4-7,11-12,19H,8-10H2,1-3H3. The van der Waals surface area contributed by atoms with E-state index in [2.05, 4.69) is 31.1 Å². The van der Waals surface area contributed by atoms with Crippen LogP contribution in [0.25, 0.3) is 10.9 Å². The highest BCUT2D eigenvalue weighted by atomic mass is 16.3. The first-order chi connectivity index (χ1) is 8.98. The van der Waals surface area contributed by atoms with Crippen LogP contribution in [0.2, 0.25) is 0 Å². The van der Waals surface area contributed by atoms with Gasteiger partial charge in [0.25, 0.3) is 0 Å². The van der Waals surface area contributed by atoms with Gasteiger partial charge in [-0.25, -0.2) is 0 Å². The monoisotopic (exact) mass is 258 g/mol. The van der Waals surface area contributed by atoms with Crippen LogP contribution in [-0.4, -0.2) is 20.5 Å². The van der Waals surface area contributed by atoms with Gasteiger partial charge in [0.2, 0.25) is 0 Å². The predicted molar refractivity (Wildman–Crippen MR) is 76.9 cm³/mol. The molecular weight excluding hydrogens is 236 g/mol. The Kier molecular flexibility index (Phi) is 2.90. The Balaban J connectivity index is 1.83. The highest BCUT2D eigenvalue weighted by molar-refractivity contribution is 5.81. The van der Waals surface area contributed by atoms with Crippen molar-refractivity contribution >= 4 is 10.9 Å². The van der Waals surface area contributed by atoms with Gasteiger partial charge in [-0.2, -0.15) is 5.10 Å². The summed E-state index contributed by atoms with van der Waals surface area (Å²) in [6.45, 7) is 4.47. The zero-order valence-electron chi connectivity index (χ0n) is 11.9. The van der Waals surface area contributed by atoms with Crippen LogP contribution < -0.4 is 0 Å². The molecule has 2 aromatic rings. The molecule has 1 aliphatic rings. The second kappa shape index (κ2) is 4.34. The van der Waals surface area contributed by atoms with E-state index in [-0.39, 0.29) is 0 Å². The van der Waals surface area contributed by atoms with E-state index >= 15 is 0 Å². The summed E-state index contributed by atoms with van der Waals surface area (Å²) < 4.78 is 1.91. The Morgan fingerprint density at radius 1 is 1.37 bits per heavy atom. The maximum Gasteiger partial charge on any atom is 0.0731 e. The van der Waals surface area contributed by atoms with Crippen molar-refractivity contribution in [1.82, 2.24) is 9.78 Å². The Bertz CT molecular complexity index is 594. The zero-order valence-corrected chi connectivity index (χ0v) is 11.9. The van der Waals surface area contributed by atoms with Crippen molar-refractivity contribution in [3.05, 3.63) is 30.0 Å². The van der Waals surface area contributed by atoms with Crippen molar-refractivity contribution in [3.63, 3.8) is 0 Å². The molecule has 1 N–H and O–H groups in total. The lowest BCUT2D eigenvalue weighted by molar-refractivity contribution is -0.0864. The number of nitrogens with zero attached hydrogens (tertiary/aromatic N) is 2. The predicted octanol–water partition coefficient (Wildman–Crippen LogP) is 2.91. The van der Waals surface area contributed by atoms with Gasteiger partial charge in [-0.05, 0) is 30.7 Å². The van der Waals surface area contributed by atoms with E-state index in [1.807, 2.05) is 23.9 Å². The topological polar surface area (TPSA) is 38.1 Å². The van der Waals surface area contributed by atoms with Crippen molar-refractivity contribution in [3.8, 4) is 0 Å². The Morgan fingerprint density at radius 3 is 2.74 bits per heavy atom. The molecule has 3 nitrogen and oxygen atoms in total. The molecule has 3 heteroatoms. The van der Waals surface area contributed by atoms with Crippen LogP contribution >= 0.6 is 0 Å². The van der Waals surface area contributed by atoms with Gasteiger partial charge in [0.1, 0.15) is 0 Å². The molecular formula is C16H22N2O. The summed E-state index contributed by atoms with van der Waals surface area (Å²) >= 11 is 0. The number of aryl methyl sites for hydroxylation is 1. The average molecular weight is 258 g/mol. The average Bonchev–Trinajstić information content (AvgIpc) is 2.64. The summed E-state index contributed by atoms with van der Waals surface area (Å²) in [6.07, 6.45) is 2.50. The molecule has 0 spiro atoms. The van der Waals surface area contributed by atoms with Gasteiger partial charge in [-0.3, -0.25) is 4.68 Å². The van der Waals surface area contributed by atoms with Crippen molar-refractivity contribution < 1.29 is 5.11 Å². The number of rotatable bonds is 3. The molecule has 0 radical (unpaired) electrons. The molecule has 1 fully saturated rings. The third-order valence-corrected chi connectivity index (χ3v) is 4.56. The minimum atomic E-state index is -0.536. The summed E-state index contributed by atoms with van der Waals surface area (Å²) in [4.78, 5) is 0. The summed E-state index contributed by atoms with van der Waals surface area (Å²) in [5, 5.41) is 16.4. The molecule has 0 amide bonds. The Hall–Kier alpha value is -1.35. The Morgan fingerprint density at radius 2 is 2.05 bits per heavy atom. The highest BCUT2D eigenvalue weighted by Gasteiger charge is 2.44. The number of hydrogen-bond donors (Lipinski definition) is 1. The summed E-state index contributed by atoms with van der Waals surface area (Å²) in [5.41, 5.74) is 1.63. The molecule has 0 aliphatic heterocycles. The quantitative estimate of drug-likeness (QED) is 0.919. The third kappa shape index (κ3) is 2.16. The minimum Gasteiger partial charge on any atom is -0.389 e. The lowest BCUT2D eigenvalue weighted by Crippen LogP contribution is -2.47. The van der Waals surface area contributed by atoms with Crippen molar-refractivity contribution in [2.45, 2.75) is 38.7 Å².